The van der Waals surface area contributed by atoms with Gasteiger partial charge in [0.2, 0.25) is 5.01 Å². The van der Waals surface area contributed by atoms with E-state index in [2.05, 4.69) is 15.5 Å². The average molecular weight is 351 g/mol. The molecule has 1 amide bonds. The molecular formula is C15H11F2N3OS2. The molecule has 3 rings (SSSR count). The number of rotatable bonds is 4. The van der Waals surface area contributed by atoms with Crippen LogP contribution in [-0.4, -0.2) is 16.1 Å². The highest BCUT2D eigenvalue weighted by Crippen LogP contribution is 2.29. The Morgan fingerprint density at radius 1 is 1.17 bits per heavy atom. The molecule has 118 valence electrons. The Morgan fingerprint density at radius 3 is 2.57 bits per heavy atom. The standard InChI is InChI=1S/C15H11F2N3OS2/c1-8(11-6-3-7-22-11)18-13(21)15-20-19-14(23-15)12-9(16)4-2-5-10(12)17/h2-8H,1H3,(H,18,21)/t8-/m0/s1. The Bertz CT molecular complexity index is 813. The minimum Gasteiger partial charge on any atom is -0.343 e. The number of carbonyl (C=O) groups is 1. The first-order valence-electron chi connectivity index (χ1n) is 6.68. The zero-order chi connectivity index (χ0) is 16.4. The van der Waals surface area contributed by atoms with Crippen molar-refractivity contribution in [1.82, 2.24) is 15.5 Å². The van der Waals surface area contributed by atoms with Gasteiger partial charge in [-0.3, -0.25) is 4.79 Å². The molecule has 0 spiro atoms. The van der Waals surface area contributed by atoms with E-state index in [1.165, 1.54) is 17.4 Å². The number of nitrogens with zero attached hydrogens (tertiary/aromatic N) is 2. The lowest BCUT2D eigenvalue weighted by molar-refractivity contribution is 0.0939. The van der Waals surface area contributed by atoms with E-state index < -0.39 is 17.5 Å². The summed E-state index contributed by atoms with van der Waals surface area (Å²) in [5.74, 6) is -1.90. The summed E-state index contributed by atoms with van der Waals surface area (Å²) in [4.78, 5) is 13.2. The molecule has 0 aliphatic rings. The quantitative estimate of drug-likeness (QED) is 0.772. The molecule has 8 heteroatoms. The molecule has 0 fully saturated rings. The van der Waals surface area contributed by atoms with E-state index in [1.54, 1.807) is 0 Å². The van der Waals surface area contributed by atoms with Gasteiger partial charge in [0.05, 0.1) is 11.6 Å². The monoisotopic (exact) mass is 351 g/mol. The fourth-order valence-electron chi connectivity index (χ4n) is 1.99. The second kappa shape index (κ2) is 6.51. The third-order valence-electron chi connectivity index (χ3n) is 3.11. The molecule has 0 unspecified atom stereocenters. The number of amides is 1. The minimum absolute atomic E-state index is 0.0366. The lowest BCUT2D eigenvalue weighted by Gasteiger charge is -2.10. The number of halogens is 2. The zero-order valence-electron chi connectivity index (χ0n) is 11.9. The maximum Gasteiger partial charge on any atom is 0.282 e. The van der Waals surface area contributed by atoms with E-state index in [-0.39, 0.29) is 21.6 Å². The summed E-state index contributed by atoms with van der Waals surface area (Å²) in [6.07, 6.45) is 0. The number of hydrogen-bond donors (Lipinski definition) is 1. The van der Waals surface area contributed by atoms with Gasteiger partial charge in [-0.15, -0.1) is 21.5 Å². The lowest BCUT2D eigenvalue weighted by atomic mass is 10.2. The van der Waals surface area contributed by atoms with E-state index in [0.717, 1.165) is 28.3 Å². The van der Waals surface area contributed by atoms with Crippen LogP contribution in [0.25, 0.3) is 10.6 Å². The number of aromatic nitrogens is 2. The molecule has 0 aliphatic heterocycles. The topological polar surface area (TPSA) is 54.9 Å². The summed E-state index contributed by atoms with van der Waals surface area (Å²) in [5, 5.41) is 12.3. The Labute approximate surface area is 138 Å². The highest BCUT2D eigenvalue weighted by atomic mass is 32.1. The van der Waals surface area contributed by atoms with Crippen LogP contribution in [-0.2, 0) is 0 Å². The highest BCUT2D eigenvalue weighted by Gasteiger charge is 2.20. The molecule has 23 heavy (non-hydrogen) atoms. The number of nitrogens with one attached hydrogen (secondary N) is 1. The number of hydrogen-bond acceptors (Lipinski definition) is 5. The summed E-state index contributed by atoms with van der Waals surface area (Å²) < 4.78 is 27.5. The molecule has 1 N–H and O–H groups in total. The fraction of sp³-hybridized carbons (Fsp3) is 0.133. The summed E-state index contributed by atoms with van der Waals surface area (Å²) in [6, 6.07) is 7.17. The minimum atomic E-state index is -0.736. The first kappa shape index (κ1) is 15.7. The average Bonchev–Trinajstić information content (AvgIpc) is 3.19. The van der Waals surface area contributed by atoms with Crippen molar-refractivity contribution >= 4 is 28.6 Å². The lowest BCUT2D eigenvalue weighted by Crippen LogP contribution is -2.25. The maximum atomic E-state index is 13.7. The normalized spacial score (nSPS) is 12.1. The molecule has 1 atom stereocenters. The zero-order valence-corrected chi connectivity index (χ0v) is 13.5. The molecular weight excluding hydrogens is 340 g/mol. The smallest absolute Gasteiger partial charge is 0.282 e. The van der Waals surface area contributed by atoms with Crippen molar-refractivity contribution < 1.29 is 13.6 Å². The highest BCUT2D eigenvalue weighted by molar-refractivity contribution is 7.16. The maximum absolute atomic E-state index is 13.7. The van der Waals surface area contributed by atoms with Crippen molar-refractivity contribution in [3.05, 3.63) is 57.2 Å². The van der Waals surface area contributed by atoms with Gasteiger partial charge in [0, 0.05) is 4.88 Å². The van der Waals surface area contributed by atoms with Crippen LogP contribution in [0.3, 0.4) is 0 Å². The molecule has 0 radical (unpaired) electrons. The summed E-state index contributed by atoms with van der Waals surface area (Å²) in [6.45, 7) is 1.85. The van der Waals surface area contributed by atoms with Gasteiger partial charge in [-0.05, 0) is 30.5 Å². The molecule has 0 saturated carbocycles. The van der Waals surface area contributed by atoms with Crippen LogP contribution in [0.2, 0.25) is 0 Å². The summed E-state index contributed by atoms with van der Waals surface area (Å²) in [5.41, 5.74) is -0.268. The third kappa shape index (κ3) is 3.27. The summed E-state index contributed by atoms with van der Waals surface area (Å²) in [7, 11) is 0. The van der Waals surface area contributed by atoms with Gasteiger partial charge in [-0.2, -0.15) is 0 Å². The SMILES string of the molecule is C[C@H](NC(=O)c1nnc(-c2c(F)cccc2F)s1)c1cccs1. The van der Waals surface area contributed by atoms with Crippen LogP contribution in [0.15, 0.2) is 35.7 Å². The van der Waals surface area contributed by atoms with Crippen molar-refractivity contribution in [3.8, 4) is 10.6 Å². The fourth-order valence-corrected chi connectivity index (χ4v) is 3.51. The second-order valence-electron chi connectivity index (χ2n) is 4.72. The molecule has 0 aliphatic carbocycles. The predicted octanol–water partition coefficient (Wildman–Crippen LogP) is 4.04. The Morgan fingerprint density at radius 2 is 1.91 bits per heavy atom. The second-order valence-corrected chi connectivity index (χ2v) is 6.68. The Kier molecular flexibility index (Phi) is 4.44. The van der Waals surface area contributed by atoms with Crippen LogP contribution >= 0.6 is 22.7 Å². The van der Waals surface area contributed by atoms with Gasteiger partial charge in [0.1, 0.15) is 11.6 Å². The largest absolute Gasteiger partial charge is 0.343 e. The van der Waals surface area contributed by atoms with Gasteiger partial charge in [-0.25, -0.2) is 8.78 Å². The van der Waals surface area contributed by atoms with Crippen LogP contribution < -0.4 is 5.32 Å². The van der Waals surface area contributed by atoms with Crippen molar-refractivity contribution in [2.24, 2.45) is 0 Å². The number of thiophene rings is 1. The van der Waals surface area contributed by atoms with Gasteiger partial charge in [0.15, 0.2) is 5.01 Å². The van der Waals surface area contributed by atoms with E-state index in [0.29, 0.717) is 0 Å². The molecule has 0 bridgehead atoms. The van der Waals surface area contributed by atoms with Gasteiger partial charge in [-0.1, -0.05) is 23.5 Å². The van der Waals surface area contributed by atoms with Crippen molar-refractivity contribution in [2.75, 3.05) is 0 Å². The van der Waals surface area contributed by atoms with E-state index in [9.17, 15) is 13.6 Å². The number of benzene rings is 1. The van der Waals surface area contributed by atoms with Crippen molar-refractivity contribution in [2.45, 2.75) is 13.0 Å². The van der Waals surface area contributed by atoms with Crippen molar-refractivity contribution in [3.63, 3.8) is 0 Å². The van der Waals surface area contributed by atoms with Gasteiger partial charge in [0.25, 0.3) is 5.91 Å². The van der Waals surface area contributed by atoms with Gasteiger partial charge >= 0.3 is 0 Å². The molecule has 2 heterocycles. The van der Waals surface area contributed by atoms with Crippen LogP contribution in [0, 0.1) is 11.6 Å². The van der Waals surface area contributed by atoms with E-state index in [1.807, 2.05) is 24.4 Å². The molecule has 0 saturated heterocycles. The van der Waals surface area contributed by atoms with Crippen LogP contribution in [0.1, 0.15) is 27.6 Å². The Hall–Kier alpha value is -2.19. The molecule has 1 aromatic carbocycles. The Balaban J connectivity index is 1.80. The first-order chi connectivity index (χ1) is 11.1. The number of carbonyl (C=O) groups excluding carboxylic acids is 1. The summed E-state index contributed by atoms with van der Waals surface area (Å²) >= 11 is 2.38. The first-order valence-corrected chi connectivity index (χ1v) is 8.38. The van der Waals surface area contributed by atoms with Crippen LogP contribution in [0.4, 0.5) is 8.78 Å². The van der Waals surface area contributed by atoms with Gasteiger partial charge < -0.3 is 5.32 Å². The van der Waals surface area contributed by atoms with Crippen molar-refractivity contribution in [1.29, 1.82) is 0 Å². The molecule has 2 aromatic heterocycles. The molecule has 3 aromatic rings. The van der Waals surface area contributed by atoms with Crippen LogP contribution in [0.5, 0.6) is 0 Å². The van der Waals surface area contributed by atoms with E-state index in [4.69, 9.17) is 0 Å². The third-order valence-corrected chi connectivity index (χ3v) is 5.11. The molecule has 4 nitrogen and oxygen atoms in total. The predicted molar refractivity (Wildman–Crippen MR) is 85.5 cm³/mol. The van der Waals surface area contributed by atoms with E-state index >= 15 is 0 Å².